The molecule has 0 aliphatic carbocycles. The van der Waals surface area contributed by atoms with Crippen LogP contribution in [0.5, 0.6) is 34.5 Å². The van der Waals surface area contributed by atoms with E-state index >= 15 is 0 Å². The number of aliphatic imine (C=N–C) groups is 2. The Kier molecular flexibility index (Phi) is 45.7. The van der Waals surface area contributed by atoms with Crippen molar-refractivity contribution >= 4 is 82.6 Å². The Morgan fingerprint density at radius 3 is 1.15 bits per heavy atom. The van der Waals surface area contributed by atoms with Crippen molar-refractivity contribution in [1.82, 2.24) is 29.6 Å². The molecule has 122 heavy (non-hydrogen) atoms. The first-order valence-electron chi connectivity index (χ1n) is 41.5. The molecule has 8 rings (SSSR count). The smallest absolute Gasteiger partial charge is 0.307 e. The molecule has 0 unspecified atom stereocenters. The SMILES string of the molecule is C/C=C1\C[C@H]2C=Nc3cc(OCc4cc(OCCN(C)CC(C)(C)SCC(=O)CCCOCCOCCOCCOCCC(=O)OC)cc(COc5cc6c(cc5OC)C(=O)N5C/C(=C/C)C[C@H]5C=N6)n4)c(OC)cc3C(=O)N2C1.COC(=O)CCOCCOCCOCCOCCCC(=O)CSC(C)(C)CN(C)CCOc1cc(CO)nc(CO)c1. The van der Waals surface area contributed by atoms with Gasteiger partial charge in [-0.2, -0.15) is 0 Å². The second-order valence-corrected chi connectivity index (χ2v) is 33.8. The molecule has 2 aromatic heterocycles. The highest BCUT2D eigenvalue weighted by Gasteiger charge is 2.37. The monoisotopic (exact) mass is 1740 g/mol. The summed E-state index contributed by atoms with van der Waals surface area (Å²) >= 11 is 3.28. The summed E-state index contributed by atoms with van der Waals surface area (Å²) in [5, 5.41) is 18.6. The molecule has 2 atom stereocenters. The first-order valence-corrected chi connectivity index (χ1v) is 43.5. The van der Waals surface area contributed by atoms with Gasteiger partial charge in [0.25, 0.3) is 11.8 Å². The van der Waals surface area contributed by atoms with E-state index in [1.54, 1.807) is 59.9 Å². The van der Waals surface area contributed by atoms with Crippen molar-refractivity contribution in [3.63, 3.8) is 0 Å². The van der Waals surface area contributed by atoms with Crippen molar-refractivity contribution < 1.29 is 115 Å². The van der Waals surface area contributed by atoms with Gasteiger partial charge in [-0.25, -0.2) is 0 Å². The van der Waals surface area contributed by atoms with Gasteiger partial charge in [-0.05, 0) is 93.5 Å². The highest BCUT2D eigenvalue weighted by atomic mass is 32.2. The maximum atomic E-state index is 13.8. The van der Waals surface area contributed by atoms with Crippen LogP contribution in [0.15, 0.2) is 81.8 Å². The van der Waals surface area contributed by atoms with Crippen LogP contribution in [0.1, 0.15) is 136 Å². The molecule has 2 aromatic carbocycles. The van der Waals surface area contributed by atoms with Gasteiger partial charge < -0.3 is 106 Å². The second kappa shape index (κ2) is 55.2. The molecule has 2 amide bonds. The Morgan fingerprint density at radius 1 is 0.459 bits per heavy atom. The maximum absolute atomic E-state index is 13.8. The third-order valence-electron chi connectivity index (χ3n) is 19.6. The minimum Gasteiger partial charge on any atom is -0.493 e. The summed E-state index contributed by atoms with van der Waals surface area (Å²) in [5.41, 5.74) is 6.28. The standard InChI is InChI=1S/C59H78N6O14S.C29H50N2O10S/c1-9-40-24-44-32-60-50-30-54(52(70-6)28-48(50)57(68)64(44)34-40)78-36-42-26-47(27-43(62-42)37-79-55-31-51-49(29-53(55)71-7)58(69)65-35-41(10-2)25-45(65)33-61-51)77-17-14-63(5)39-59(3,4)80-38-46(66)12-11-15-73-18-20-75-22-23-76-21-19-74-16-13-56(67)72-8;1-29(2,23-31(3)8-11-41-27-18-24(20-32)30-25(19-27)21-33)42-22-26(34)6-5-9-37-12-14-39-16-17-40-15-13-38-10-7-28(35)36-4/h9-10,26-33,44-45H,11-25,34-39H2,1-8H3;18-19,32-33H,5-17,20-23H2,1-4H3/b40-9+,41-10+;/t44-,45-;/m0./s1. The van der Waals surface area contributed by atoms with Crippen molar-refractivity contribution in [1.29, 1.82) is 0 Å². The predicted octanol–water partition coefficient (Wildman–Crippen LogP) is 9.68. The van der Waals surface area contributed by atoms with Crippen LogP contribution in [0.4, 0.5) is 11.4 Å². The number of aromatic nitrogens is 2. The van der Waals surface area contributed by atoms with E-state index in [0.29, 0.717) is 269 Å². The number of methoxy groups -OCH3 is 4. The lowest BCUT2D eigenvalue weighted by Crippen LogP contribution is -2.37. The Balaban J connectivity index is 0.000000412. The number of benzene rings is 2. The molecular weight excluding hydrogens is 1620 g/mol. The van der Waals surface area contributed by atoms with Crippen molar-refractivity contribution in [2.75, 3.05) is 212 Å². The van der Waals surface area contributed by atoms with Gasteiger partial charge in [0, 0.05) is 124 Å². The number of fused-ring (bicyclic) bond motifs is 4. The lowest BCUT2D eigenvalue weighted by molar-refractivity contribution is -0.142. The van der Waals surface area contributed by atoms with E-state index in [4.69, 9.17) is 81.3 Å². The van der Waals surface area contributed by atoms with E-state index in [9.17, 15) is 39.0 Å². The molecule has 32 nitrogen and oxygen atoms in total. The molecule has 0 radical (unpaired) electrons. The average Bonchev–Trinajstić information content (AvgIpc) is 1.62. The summed E-state index contributed by atoms with van der Waals surface area (Å²) in [5.74, 6) is 3.12. The van der Waals surface area contributed by atoms with Crippen LogP contribution in [0.25, 0.3) is 0 Å². The van der Waals surface area contributed by atoms with Gasteiger partial charge in [0.15, 0.2) is 23.0 Å². The van der Waals surface area contributed by atoms with Gasteiger partial charge in [0.05, 0.1) is 216 Å². The van der Waals surface area contributed by atoms with Crippen molar-refractivity contribution in [2.24, 2.45) is 9.98 Å². The lowest BCUT2D eigenvalue weighted by Gasteiger charge is -2.29. The van der Waals surface area contributed by atoms with Crippen LogP contribution in [0.3, 0.4) is 0 Å². The third-order valence-corrected chi connectivity index (χ3v) is 22.4. The zero-order valence-electron chi connectivity index (χ0n) is 73.2. The molecule has 676 valence electrons. The van der Waals surface area contributed by atoms with Gasteiger partial charge in [-0.15, -0.1) is 23.5 Å². The Hall–Kier alpha value is -8.20. The predicted molar refractivity (Wildman–Crippen MR) is 465 cm³/mol. The van der Waals surface area contributed by atoms with Crippen molar-refractivity contribution in [2.45, 2.75) is 141 Å². The first kappa shape index (κ1) is 101. The fourth-order valence-corrected chi connectivity index (χ4v) is 15.2. The number of carbonyl (C=O) groups excluding carboxylic acids is 6. The normalized spacial score (nSPS) is 15.5. The summed E-state index contributed by atoms with van der Waals surface area (Å²) in [6.45, 7) is 23.6. The highest BCUT2D eigenvalue weighted by molar-refractivity contribution is 8.01. The Labute approximate surface area is 726 Å². The van der Waals surface area contributed by atoms with Gasteiger partial charge in [0.2, 0.25) is 0 Å². The van der Waals surface area contributed by atoms with E-state index in [1.165, 1.54) is 39.6 Å². The van der Waals surface area contributed by atoms with Gasteiger partial charge in [-0.1, -0.05) is 23.3 Å². The lowest BCUT2D eigenvalue weighted by atomic mass is 10.1. The van der Waals surface area contributed by atoms with Crippen LogP contribution in [0.2, 0.25) is 0 Å². The summed E-state index contributed by atoms with van der Waals surface area (Å²) in [4.78, 5) is 101. The van der Waals surface area contributed by atoms with Crippen LogP contribution in [-0.2, 0) is 93.0 Å². The number of Topliss-reactive ketones (excluding diaryl/α,β-unsaturated/α-hetero) is 2. The number of carbonyl (C=O) groups is 6. The van der Waals surface area contributed by atoms with Crippen LogP contribution < -0.4 is 28.4 Å². The first-order chi connectivity index (χ1) is 58.9. The summed E-state index contributed by atoms with van der Waals surface area (Å²) in [6, 6.07) is 13.6. The van der Waals surface area contributed by atoms with E-state index < -0.39 is 0 Å². The number of aliphatic hydroxyl groups excluding tert-OH is 2. The number of ether oxygens (including phenoxy) is 16. The number of amides is 2. The molecule has 2 fully saturated rings. The van der Waals surface area contributed by atoms with Crippen LogP contribution in [-0.4, -0.2) is 321 Å². The molecule has 4 aromatic rings. The zero-order chi connectivity index (χ0) is 88.1. The van der Waals surface area contributed by atoms with Gasteiger partial charge >= 0.3 is 11.9 Å². The minimum atomic E-state index is -0.305. The van der Waals surface area contributed by atoms with Crippen LogP contribution in [0, 0.1) is 0 Å². The quantitative estimate of drug-likeness (QED) is 0.0236. The molecule has 34 heteroatoms. The number of rotatable bonds is 60. The Bertz CT molecular complexity index is 3900. The second-order valence-electron chi connectivity index (χ2n) is 30.5. The fraction of sp³-hybridized carbons (Fsp3) is 0.614. The number of esters is 2. The minimum absolute atomic E-state index is 0.0199. The molecule has 4 aliphatic rings. The van der Waals surface area contributed by atoms with Crippen molar-refractivity contribution in [3.8, 4) is 34.5 Å². The van der Waals surface area contributed by atoms with Gasteiger partial charge in [0.1, 0.15) is 49.5 Å². The van der Waals surface area contributed by atoms with E-state index in [0.717, 1.165) is 19.4 Å². The number of thioether (sulfide) groups is 2. The van der Waals surface area contributed by atoms with E-state index in [1.807, 2.05) is 62.3 Å². The summed E-state index contributed by atoms with van der Waals surface area (Å²) in [6.07, 6.45) is 12.0. The number of hydrogen-bond donors (Lipinski definition) is 2. The highest BCUT2D eigenvalue weighted by Crippen LogP contribution is 2.42. The number of hydrogen-bond acceptors (Lipinski definition) is 32. The summed E-state index contributed by atoms with van der Waals surface area (Å²) < 4.78 is 88.9. The molecule has 2 saturated heterocycles. The maximum Gasteiger partial charge on any atom is 0.307 e. The largest absolute Gasteiger partial charge is 0.493 e. The number of ketones is 2. The number of pyridine rings is 2. The molecule has 4 aliphatic heterocycles. The third kappa shape index (κ3) is 36.5. The zero-order valence-corrected chi connectivity index (χ0v) is 74.9. The number of aliphatic hydroxyl groups is 2. The topological polar surface area (TPSA) is 354 Å². The van der Waals surface area contributed by atoms with Crippen molar-refractivity contribution in [3.05, 3.63) is 106 Å². The summed E-state index contributed by atoms with van der Waals surface area (Å²) in [7, 11) is 9.81. The van der Waals surface area contributed by atoms with E-state index in [-0.39, 0.29) is 96.2 Å². The molecule has 6 heterocycles. The number of nitrogens with zero attached hydrogens (tertiary/aromatic N) is 8. The fourth-order valence-electron chi connectivity index (χ4n) is 13.2. The molecule has 0 spiro atoms. The van der Waals surface area contributed by atoms with Gasteiger partial charge in [-0.3, -0.25) is 48.7 Å². The molecular formula is C88H128N8O24S2. The molecule has 2 N–H and O–H groups in total. The van der Waals surface area contributed by atoms with Crippen LogP contribution >= 0.6 is 23.5 Å². The average molecular weight is 1750 g/mol. The molecule has 0 bridgehead atoms. The Morgan fingerprint density at radius 2 is 0.803 bits per heavy atom. The molecule has 0 saturated carbocycles. The van der Waals surface area contributed by atoms with E-state index in [2.05, 4.69) is 64.1 Å². The number of likely N-dealkylation sites (N-methyl/N-ethyl adjacent to an activating group) is 2. The number of allylic oxidation sites excluding steroid dienone is 2.